The van der Waals surface area contributed by atoms with Crippen molar-refractivity contribution >= 4 is 23.2 Å². The van der Waals surface area contributed by atoms with Crippen LogP contribution in [0.5, 0.6) is 0 Å². The van der Waals surface area contributed by atoms with E-state index >= 15 is 0 Å². The minimum Gasteiger partial charge on any atom is -0.338 e. The molecule has 1 amide bonds. The van der Waals surface area contributed by atoms with Crippen LogP contribution in [-0.4, -0.2) is 28.8 Å². The molecule has 0 spiro atoms. The van der Waals surface area contributed by atoms with Gasteiger partial charge in [-0.05, 0) is 13.0 Å². The van der Waals surface area contributed by atoms with E-state index in [0.29, 0.717) is 0 Å². The number of rotatable bonds is 4. The average Bonchev–Trinajstić information content (AvgIpc) is 2.37. The average molecular weight is 282 g/mol. The van der Waals surface area contributed by atoms with Crippen molar-refractivity contribution in [2.75, 3.05) is 7.05 Å². The first-order valence-electron chi connectivity index (χ1n) is 5.46. The number of carbonyl (C=O) groups excluding carboxylic acids is 1. The van der Waals surface area contributed by atoms with E-state index in [1.54, 1.807) is 6.92 Å². The highest BCUT2D eigenvalue weighted by molar-refractivity contribution is 6.33. The third-order valence-corrected chi connectivity index (χ3v) is 3.09. The number of non-ortho nitro benzene ring substituents is 1. The molecule has 1 atom stereocenters. The Morgan fingerprint density at radius 1 is 1.63 bits per heavy atom. The summed E-state index contributed by atoms with van der Waals surface area (Å²) >= 11 is 5.89. The van der Waals surface area contributed by atoms with Crippen LogP contribution in [0.15, 0.2) is 18.2 Å². The monoisotopic (exact) mass is 281 g/mol. The molecule has 0 N–H and O–H groups in total. The Kier molecular flexibility index (Phi) is 4.84. The van der Waals surface area contributed by atoms with Crippen molar-refractivity contribution < 1.29 is 9.72 Å². The van der Waals surface area contributed by atoms with Crippen LogP contribution in [0.3, 0.4) is 0 Å². The third kappa shape index (κ3) is 3.42. The number of hydrogen-bond donors (Lipinski definition) is 0. The second-order valence-corrected chi connectivity index (χ2v) is 4.46. The molecule has 0 saturated carbocycles. The summed E-state index contributed by atoms with van der Waals surface area (Å²) in [5.74, 6) is -0.448. The first-order valence-corrected chi connectivity index (χ1v) is 5.84. The van der Waals surface area contributed by atoms with Crippen molar-refractivity contribution in [2.24, 2.45) is 0 Å². The van der Waals surface area contributed by atoms with Crippen molar-refractivity contribution in [1.29, 1.82) is 5.26 Å². The summed E-state index contributed by atoms with van der Waals surface area (Å²) in [5, 5.41) is 19.4. The summed E-state index contributed by atoms with van der Waals surface area (Å²) in [4.78, 5) is 23.6. The zero-order chi connectivity index (χ0) is 14.6. The van der Waals surface area contributed by atoms with E-state index in [9.17, 15) is 14.9 Å². The first-order chi connectivity index (χ1) is 8.88. The van der Waals surface area contributed by atoms with Crippen molar-refractivity contribution in [1.82, 2.24) is 4.90 Å². The quantitative estimate of drug-likeness (QED) is 0.627. The normalized spacial score (nSPS) is 11.5. The van der Waals surface area contributed by atoms with Crippen LogP contribution in [0.1, 0.15) is 23.7 Å². The van der Waals surface area contributed by atoms with Crippen LogP contribution in [0.2, 0.25) is 5.02 Å². The Morgan fingerprint density at radius 2 is 2.26 bits per heavy atom. The summed E-state index contributed by atoms with van der Waals surface area (Å²) in [7, 11) is 1.53. The van der Waals surface area contributed by atoms with Gasteiger partial charge in [0.1, 0.15) is 0 Å². The molecule has 0 aliphatic rings. The maximum Gasteiger partial charge on any atom is 0.270 e. The maximum absolute atomic E-state index is 12.2. The molecule has 100 valence electrons. The van der Waals surface area contributed by atoms with Gasteiger partial charge < -0.3 is 4.90 Å². The summed E-state index contributed by atoms with van der Waals surface area (Å²) in [5.41, 5.74) is -0.141. The number of hydrogen-bond acceptors (Lipinski definition) is 4. The number of benzene rings is 1. The van der Waals surface area contributed by atoms with Gasteiger partial charge in [0.15, 0.2) is 0 Å². The Balaban J connectivity index is 3.09. The van der Waals surface area contributed by atoms with Gasteiger partial charge in [-0.2, -0.15) is 5.26 Å². The number of nitro groups is 1. The molecular formula is C12H12ClN3O3. The van der Waals surface area contributed by atoms with E-state index in [4.69, 9.17) is 16.9 Å². The Bertz CT molecular complexity index is 554. The highest BCUT2D eigenvalue weighted by Gasteiger charge is 2.22. The van der Waals surface area contributed by atoms with Gasteiger partial charge in [0.05, 0.1) is 28.0 Å². The Morgan fingerprint density at radius 3 is 2.79 bits per heavy atom. The minimum atomic E-state index is -0.591. The summed E-state index contributed by atoms with van der Waals surface area (Å²) in [6, 6.07) is 5.35. The number of nitriles is 1. The van der Waals surface area contributed by atoms with E-state index in [-0.39, 0.29) is 28.7 Å². The molecule has 0 fully saturated rings. The number of amides is 1. The molecule has 0 bridgehead atoms. The molecule has 19 heavy (non-hydrogen) atoms. The summed E-state index contributed by atoms with van der Waals surface area (Å²) in [6.07, 6.45) is 0.175. The fourth-order valence-corrected chi connectivity index (χ4v) is 1.65. The zero-order valence-corrected chi connectivity index (χ0v) is 11.2. The number of halogens is 1. The van der Waals surface area contributed by atoms with Crippen molar-refractivity contribution in [3.05, 3.63) is 38.9 Å². The van der Waals surface area contributed by atoms with E-state index in [1.165, 1.54) is 24.1 Å². The molecule has 0 aliphatic heterocycles. The van der Waals surface area contributed by atoms with Gasteiger partial charge in [-0.1, -0.05) is 11.6 Å². The molecule has 7 heteroatoms. The first kappa shape index (κ1) is 14.9. The van der Waals surface area contributed by atoms with Crippen molar-refractivity contribution in [3.8, 4) is 6.07 Å². The number of nitro benzene ring substituents is 1. The molecule has 1 rings (SSSR count). The second-order valence-electron chi connectivity index (χ2n) is 4.05. The largest absolute Gasteiger partial charge is 0.338 e. The molecule has 1 aromatic carbocycles. The van der Waals surface area contributed by atoms with Crippen LogP contribution in [-0.2, 0) is 0 Å². The van der Waals surface area contributed by atoms with Gasteiger partial charge in [0, 0.05) is 25.2 Å². The van der Waals surface area contributed by atoms with Crippen LogP contribution < -0.4 is 0 Å². The lowest BCUT2D eigenvalue weighted by atomic mass is 10.1. The lowest BCUT2D eigenvalue weighted by Gasteiger charge is -2.23. The van der Waals surface area contributed by atoms with E-state index < -0.39 is 10.8 Å². The maximum atomic E-state index is 12.2. The highest BCUT2D eigenvalue weighted by Crippen LogP contribution is 2.23. The number of nitrogens with zero attached hydrogens (tertiary/aromatic N) is 3. The van der Waals surface area contributed by atoms with E-state index in [2.05, 4.69) is 0 Å². The molecule has 1 aromatic rings. The molecule has 0 heterocycles. The third-order valence-electron chi connectivity index (χ3n) is 2.76. The topological polar surface area (TPSA) is 87.2 Å². The summed E-state index contributed by atoms with van der Waals surface area (Å²) in [6.45, 7) is 1.71. The van der Waals surface area contributed by atoms with Gasteiger partial charge >= 0.3 is 0 Å². The van der Waals surface area contributed by atoms with Gasteiger partial charge in [0.25, 0.3) is 11.6 Å². The molecule has 0 saturated heterocycles. The SMILES string of the molecule is CC(CC#N)N(C)C(=O)c1cc([N+](=O)[O-])ccc1Cl. The standard InChI is InChI=1S/C12H12ClN3O3/c1-8(5-6-14)15(2)12(17)10-7-9(16(18)19)3-4-11(10)13/h3-4,7-8H,5H2,1-2H3. The smallest absolute Gasteiger partial charge is 0.270 e. The second kappa shape index (κ2) is 6.16. The van der Waals surface area contributed by atoms with Crippen LogP contribution >= 0.6 is 11.6 Å². The van der Waals surface area contributed by atoms with Crippen LogP contribution in [0, 0.1) is 21.4 Å². The molecule has 0 aromatic heterocycles. The van der Waals surface area contributed by atoms with E-state index in [0.717, 1.165) is 6.07 Å². The van der Waals surface area contributed by atoms with Gasteiger partial charge in [0.2, 0.25) is 0 Å². The predicted molar refractivity (Wildman–Crippen MR) is 69.9 cm³/mol. The highest BCUT2D eigenvalue weighted by atomic mass is 35.5. The molecule has 1 unspecified atom stereocenters. The molecular weight excluding hydrogens is 270 g/mol. The lowest BCUT2D eigenvalue weighted by Crippen LogP contribution is -2.35. The zero-order valence-electron chi connectivity index (χ0n) is 10.5. The lowest BCUT2D eigenvalue weighted by molar-refractivity contribution is -0.384. The molecule has 6 nitrogen and oxygen atoms in total. The fourth-order valence-electron chi connectivity index (χ4n) is 1.45. The minimum absolute atomic E-state index is 0.0585. The fraction of sp³-hybridized carbons (Fsp3) is 0.333. The van der Waals surface area contributed by atoms with Crippen LogP contribution in [0.4, 0.5) is 5.69 Å². The predicted octanol–water partition coefficient (Wildman–Crippen LogP) is 2.62. The van der Waals surface area contributed by atoms with E-state index in [1.807, 2.05) is 6.07 Å². The number of carbonyl (C=O) groups is 1. The van der Waals surface area contributed by atoms with Gasteiger partial charge in [-0.15, -0.1) is 0 Å². The Hall–Kier alpha value is -2.13. The van der Waals surface area contributed by atoms with Crippen LogP contribution in [0.25, 0.3) is 0 Å². The molecule has 0 radical (unpaired) electrons. The summed E-state index contributed by atoms with van der Waals surface area (Å²) < 4.78 is 0. The van der Waals surface area contributed by atoms with Crippen molar-refractivity contribution in [2.45, 2.75) is 19.4 Å². The van der Waals surface area contributed by atoms with Gasteiger partial charge in [-0.3, -0.25) is 14.9 Å². The van der Waals surface area contributed by atoms with Crippen molar-refractivity contribution in [3.63, 3.8) is 0 Å². The Labute approximate surface area is 115 Å². The van der Waals surface area contributed by atoms with Gasteiger partial charge in [-0.25, -0.2) is 0 Å². The molecule has 0 aliphatic carbocycles.